The molecule has 0 saturated carbocycles. The lowest BCUT2D eigenvalue weighted by Gasteiger charge is -2.36. The highest BCUT2D eigenvalue weighted by Gasteiger charge is 2.20. The smallest absolute Gasteiger partial charge is 0.225 e. The van der Waals surface area contributed by atoms with Gasteiger partial charge < -0.3 is 15.1 Å². The molecule has 1 N–H and O–H groups in total. The highest BCUT2D eigenvalue weighted by molar-refractivity contribution is 5.80. The third-order valence-electron chi connectivity index (χ3n) is 4.35. The number of aromatic nitrogens is 2. The van der Waals surface area contributed by atoms with Gasteiger partial charge in [-0.05, 0) is 31.0 Å². The van der Waals surface area contributed by atoms with Crippen LogP contribution in [-0.4, -0.2) is 60.1 Å². The van der Waals surface area contributed by atoms with Gasteiger partial charge in [-0.1, -0.05) is 18.2 Å². The number of hydrogen-bond acceptors (Lipinski definition) is 4. The molecule has 1 aromatic heterocycles. The van der Waals surface area contributed by atoms with Gasteiger partial charge in [-0.3, -0.25) is 4.99 Å². The van der Waals surface area contributed by atoms with Crippen molar-refractivity contribution < 1.29 is 4.39 Å². The number of hydrogen-bond donors (Lipinski definition) is 1. The molecule has 1 aromatic carbocycles. The zero-order valence-electron chi connectivity index (χ0n) is 15.1. The lowest BCUT2D eigenvalue weighted by Crippen LogP contribution is -2.53. The fourth-order valence-electron chi connectivity index (χ4n) is 2.98. The number of halogens is 1. The first-order chi connectivity index (χ1) is 12.8. The molecule has 1 aliphatic heterocycles. The van der Waals surface area contributed by atoms with E-state index in [0.29, 0.717) is 18.5 Å². The van der Waals surface area contributed by atoms with Crippen molar-refractivity contribution in [1.82, 2.24) is 20.2 Å². The summed E-state index contributed by atoms with van der Waals surface area (Å²) in [6.07, 6.45) is 4.13. The number of benzene rings is 1. The second-order valence-electron chi connectivity index (χ2n) is 6.10. The minimum absolute atomic E-state index is 0.163. The van der Waals surface area contributed by atoms with Gasteiger partial charge in [-0.15, -0.1) is 0 Å². The van der Waals surface area contributed by atoms with E-state index in [9.17, 15) is 4.39 Å². The molecule has 138 valence electrons. The van der Waals surface area contributed by atoms with Crippen LogP contribution in [0.2, 0.25) is 0 Å². The van der Waals surface area contributed by atoms with Crippen molar-refractivity contribution in [2.75, 3.05) is 44.2 Å². The molecular formula is C19H25FN6. The quantitative estimate of drug-likeness (QED) is 0.655. The lowest BCUT2D eigenvalue weighted by atomic mass is 10.1. The van der Waals surface area contributed by atoms with Gasteiger partial charge in [0.2, 0.25) is 5.95 Å². The Bertz CT molecular complexity index is 713. The van der Waals surface area contributed by atoms with E-state index < -0.39 is 0 Å². The maximum absolute atomic E-state index is 13.7. The van der Waals surface area contributed by atoms with Crippen molar-refractivity contribution in [3.8, 4) is 0 Å². The summed E-state index contributed by atoms with van der Waals surface area (Å²) < 4.78 is 13.7. The first-order valence-electron chi connectivity index (χ1n) is 9.06. The molecule has 0 bridgehead atoms. The molecule has 7 heteroatoms. The van der Waals surface area contributed by atoms with Gasteiger partial charge >= 0.3 is 0 Å². The zero-order chi connectivity index (χ0) is 18.2. The van der Waals surface area contributed by atoms with Gasteiger partial charge in [0.1, 0.15) is 5.82 Å². The van der Waals surface area contributed by atoms with Crippen LogP contribution in [-0.2, 0) is 6.42 Å². The normalized spacial score (nSPS) is 15.2. The van der Waals surface area contributed by atoms with Crippen molar-refractivity contribution in [3.63, 3.8) is 0 Å². The average Bonchev–Trinajstić information content (AvgIpc) is 2.69. The van der Waals surface area contributed by atoms with Crippen LogP contribution in [0.4, 0.5) is 10.3 Å². The van der Waals surface area contributed by atoms with Crippen LogP contribution >= 0.6 is 0 Å². The van der Waals surface area contributed by atoms with Crippen LogP contribution in [0.1, 0.15) is 12.5 Å². The van der Waals surface area contributed by atoms with Gasteiger partial charge in [-0.2, -0.15) is 0 Å². The molecule has 1 fully saturated rings. The van der Waals surface area contributed by atoms with E-state index >= 15 is 0 Å². The maximum atomic E-state index is 13.7. The third-order valence-corrected chi connectivity index (χ3v) is 4.35. The van der Waals surface area contributed by atoms with Crippen molar-refractivity contribution in [2.24, 2.45) is 4.99 Å². The number of nitrogens with zero attached hydrogens (tertiary/aromatic N) is 5. The van der Waals surface area contributed by atoms with Crippen LogP contribution in [0.15, 0.2) is 47.7 Å². The molecule has 0 amide bonds. The van der Waals surface area contributed by atoms with Gasteiger partial charge in [0, 0.05) is 51.7 Å². The topological polar surface area (TPSA) is 56.7 Å². The summed E-state index contributed by atoms with van der Waals surface area (Å²) in [6, 6.07) is 8.71. The minimum atomic E-state index is -0.163. The molecule has 2 heterocycles. The van der Waals surface area contributed by atoms with E-state index in [4.69, 9.17) is 0 Å². The monoisotopic (exact) mass is 356 g/mol. The van der Waals surface area contributed by atoms with Gasteiger partial charge in [0.15, 0.2) is 5.96 Å². The fourth-order valence-corrected chi connectivity index (χ4v) is 2.98. The van der Waals surface area contributed by atoms with Gasteiger partial charge in [-0.25, -0.2) is 14.4 Å². The van der Waals surface area contributed by atoms with Crippen LogP contribution in [0, 0.1) is 5.82 Å². The van der Waals surface area contributed by atoms with Crippen molar-refractivity contribution >= 4 is 11.9 Å². The molecule has 6 nitrogen and oxygen atoms in total. The minimum Gasteiger partial charge on any atom is -0.357 e. The molecule has 1 aliphatic rings. The lowest BCUT2D eigenvalue weighted by molar-refractivity contribution is 0.370. The Morgan fingerprint density at radius 3 is 2.54 bits per heavy atom. The number of anilines is 1. The number of nitrogens with one attached hydrogen (secondary N) is 1. The highest BCUT2D eigenvalue weighted by atomic mass is 19.1. The molecule has 0 aliphatic carbocycles. The molecule has 1 saturated heterocycles. The summed E-state index contributed by atoms with van der Waals surface area (Å²) in [7, 11) is 0. The van der Waals surface area contributed by atoms with E-state index in [1.807, 2.05) is 18.2 Å². The summed E-state index contributed by atoms with van der Waals surface area (Å²) in [6.45, 7) is 6.82. The summed E-state index contributed by atoms with van der Waals surface area (Å²) >= 11 is 0. The Hall–Kier alpha value is -2.70. The Balaban J connectivity index is 1.57. The number of rotatable bonds is 5. The molecule has 0 atom stereocenters. The molecule has 3 rings (SSSR count). The van der Waals surface area contributed by atoms with Crippen LogP contribution in [0.3, 0.4) is 0 Å². The summed E-state index contributed by atoms with van der Waals surface area (Å²) in [5.41, 5.74) is 0.707. The SMILES string of the molecule is CCNC(=NCCc1ccccc1F)N1CCN(c2ncccn2)CC1. The first-order valence-corrected chi connectivity index (χ1v) is 9.06. The van der Waals surface area contributed by atoms with Crippen LogP contribution < -0.4 is 10.2 Å². The van der Waals surface area contributed by atoms with Crippen molar-refractivity contribution in [3.05, 3.63) is 54.1 Å². The van der Waals surface area contributed by atoms with Gasteiger partial charge in [0.05, 0.1) is 0 Å². The maximum Gasteiger partial charge on any atom is 0.225 e. The first kappa shape index (κ1) is 18.1. The molecule has 2 aromatic rings. The zero-order valence-corrected chi connectivity index (χ0v) is 15.1. The standard InChI is InChI=1S/C19H25FN6/c1-2-21-18(24-11-8-16-6-3-4-7-17(16)20)25-12-14-26(15-13-25)19-22-9-5-10-23-19/h3-7,9-10H,2,8,11-15H2,1H3,(H,21,24). The Kier molecular flexibility index (Phi) is 6.35. The van der Waals surface area contributed by atoms with E-state index in [1.54, 1.807) is 18.5 Å². The molecule has 0 unspecified atom stereocenters. The summed E-state index contributed by atoms with van der Waals surface area (Å²) in [5, 5.41) is 3.34. The average molecular weight is 356 g/mol. The molecule has 0 radical (unpaired) electrons. The predicted octanol–water partition coefficient (Wildman–Crippen LogP) is 1.95. The highest BCUT2D eigenvalue weighted by Crippen LogP contribution is 2.10. The predicted molar refractivity (Wildman–Crippen MR) is 102 cm³/mol. The molecule has 0 spiro atoms. The Morgan fingerprint density at radius 1 is 1.12 bits per heavy atom. The van der Waals surface area contributed by atoms with E-state index in [1.165, 1.54) is 6.07 Å². The summed E-state index contributed by atoms with van der Waals surface area (Å²) in [5.74, 6) is 1.50. The Labute approximate surface area is 153 Å². The number of piperazine rings is 1. The second-order valence-corrected chi connectivity index (χ2v) is 6.10. The number of guanidine groups is 1. The van der Waals surface area contributed by atoms with Crippen molar-refractivity contribution in [1.29, 1.82) is 0 Å². The summed E-state index contributed by atoms with van der Waals surface area (Å²) in [4.78, 5) is 17.7. The second kappa shape index (κ2) is 9.12. The number of aliphatic imine (C=N–C) groups is 1. The van der Waals surface area contributed by atoms with Gasteiger partial charge in [0.25, 0.3) is 0 Å². The fraction of sp³-hybridized carbons (Fsp3) is 0.421. The van der Waals surface area contributed by atoms with E-state index in [2.05, 4.69) is 37.0 Å². The van der Waals surface area contributed by atoms with E-state index in [0.717, 1.165) is 44.6 Å². The van der Waals surface area contributed by atoms with E-state index in [-0.39, 0.29) is 5.82 Å². The molecular weight excluding hydrogens is 331 g/mol. The third kappa shape index (κ3) is 4.68. The van der Waals surface area contributed by atoms with Crippen LogP contribution in [0.25, 0.3) is 0 Å². The van der Waals surface area contributed by atoms with Crippen LogP contribution in [0.5, 0.6) is 0 Å². The Morgan fingerprint density at radius 2 is 1.85 bits per heavy atom. The van der Waals surface area contributed by atoms with Crippen molar-refractivity contribution in [2.45, 2.75) is 13.3 Å². The largest absolute Gasteiger partial charge is 0.357 e. The molecule has 26 heavy (non-hydrogen) atoms.